The first-order valence-corrected chi connectivity index (χ1v) is 8.20. The van der Waals surface area contributed by atoms with Crippen molar-refractivity contribution in [3.63, 3.8) is 0 Å². The van der Waals surface area contributed by atoms with Gasteiger partial charge in [-0.1, -0.05) is 11.6 Å². The quantitative estimate of drug-likeness (QED) is 0.906. The van der Waals surface area contributed by atoms with Crippen molar-refractivity contribution in [2.75, 3.05) is 18.0 Å². The molecule has 122 valence electrons. The zero-order chi connectivity index (χ0) is 16.6. The number of fused-ring (bicyclic) bond motifs is 1. The van der Waals surface area contributed by atoms with E-state index in [2.05, 4.69) is 15.2 Å². The summed E-state index contributed by atoms with van der Waals surface area (Å²) in [6, 6.07) is 5.81. The molecule has 0 saturated carbocycles. The van der Waals surface area contributed by atoms with Gasteiger partial charge in [0.05, 0.1) is 16.2 Å². The predicted molar refractivity (Wildman–Crippen MR) is 93.8 cm³/mol. The van der Waals surface area contributed by atoms with Crippen molar-refractivity contribution in [1.29, 1.82) is 0 Å². The van der Waals surface area contributed by atoms with Gasteiger partial charge in [0.2, 0.25) is 5.91 Å². The van der Waals surface area contributed by atoms with Crippen LogP contribution < -0.4 is 16.0 Å². The van der Waals surface area contributed by atoms with Gasteiger partial charge in [-0.3, -0.25) is 9.78 Å². The number of carbonyl (C=O) groups excluding carboxylic acids is 1. The minimum atomic E-state index is -0.145. The average Bonchev–Trinajstić information content (AvgIpc) is 2.94. The van der Waals surface area contributed by atoms with Gasteiger partial charge in [-0.15, -0.1) is 0 Å². The molecule has 1 aromatic carbocycles. The molecular weight excluding hydrogens is 312 g/mol. The third-order valence-electron chi connectivity index (χ3n) is 4.25. The van der Waals surface area contributed by atoms with Crippen molar-refractivity contribution >= 4 is 34.1 Å². The number of halogens is 1. The van der Waals surface area contributed by atoms with Crippen LogP contribution in [0.25, 0.3) is 10.9 Å². The van der Waals surface area contributed by atoms with Crippen LogP contribution in [0.3, 0.4) is 0 Å². The summed E-state index contributed by atoms with van der Waals surface area (Å²) >= 11 is 6.41. The molecule has 0 spiro atoms. The standard InChI is InChI=1S/C17H21ClN4O/c1-10(19)14-8-15(18)13-4-3-6-20-16(13)17(14)22-7-5-12(9-22)21-11(2)23/h3-4,6,8,10,12H,5,7,9,19H2,1-2H3,(H,21,23). The molecule has 0 aliphatic carbocycles. The number of anilines is 1. The van der Waals surface area contributed by atoms with Gasteiger partial charge >= 0.3 is 0 Å². The molecule has 0 radical (unpaired) electrons. The molecule has 1 aliphatic rings. The summed E-state index contributed by atoms with van der Waals surface area (Å²) in [5.41, 5.74) is 9.07. The van der Waals surface area contributed by atoms with Crippen LogP contribution in [0.1, 0.15) is 31.9 Å². The molecular formula is C17H21ClN4O. The van der Waals surface area contributed by atoms with Crippen molar-refractivity contribution in [3.8, 4) is 0 Å². The fourth-order valence-electron chi connectivity index (χ4n) is 3.25. The minimum Gasteiger partial charge on any atom is -0.367 e. The highest BCUT2D eigenvalue weighted by Crippen LogP contribution is 2.38. The first kappa shape index (κ1) is 16.0. The normalized spacial score (nSPS) is 19.1. The summed E-state index contributed by atoms with van der Waals surface area (Å²) in [5.74, 6) is 0.00311. The second-order valence-electron chi connectivity index (χ2n) is 6.12. The van der Waals surface area contributed by atoms with Crippen LogP contribution in [0.4, 0.5) is 5.69 Å². The number of carbonyl (C=O) groups is 1. The summed E-state index contributed by atoms with van der Waals surface area (Å²) < 4.78 is 0. The van der Waals surface area contributed by atoms with Crippen molar-refractivity contribution in [3.05, 3.63) is 35.0 Å². The Morgan fingerprint density at radius 2 is 2.35 bits per heavy atom. The van der Waals surface area contributed by atoms with Crippen LogP contribution in [0.2, 0.25) is 5.02 Å². The maximum atomic E-state index is 11.3. The van der Waals surface area contributed by atoms with Gasteiger partial charge in [0.25, 0.3) is 0 Å². The van der Waals surface area contributed by atoms with E-state index in [1.165, 1.54) is 0 Å². The SMILES string of the molecule is CC(=O)NC1CCN(c2c(C(C)N)cc(Cl)c3cccnc23)C1. The molecule has 1 saturated heterocycles. The van der Waals surface area contributed by atoms with E-state index in [1.807, 2.05) is 25.1 Å². The van der Waals surface area contributed by atoms with Gasteiger partial charge in [0.15, 0.2) is 0 Å². The van der Waals surface area contributed by atoms with E-state index in [0.29, 0.717) is 5.02 Å². The monoisotopic (exact) mass is 332 g/mol. The van der Waals surface area contributed by atoms with Crippen molar-refractivity contribution in [1.82, 2.24) is 10.3 Å². The molecule has 0 bridgehead atoms. The Hall–Kier alpha value is -1.85. The van der Waals surface area contributed by atoms with E-state index in [9.17, 15) is 4.79 Å². The molecule has 2 heterocycles. The molecule has 5 nitrogen and oxygen atoms in total. The fraction of sp³-hybridized carbons (Fsp3) is 0.412. The first-order valence-electron chi connectivity index (χ1n) is 7.82. The Kier molecular flexibility index (Phi) is 4.41. The highest BCUT2D eigenvalue weighted by Gasteiger charge is 2.28. The van der Waals surface area contributed by atoms with Crippen LogP contribution in [0.5, 0.6) is 0 Å². The average molecular weight is 333 g/mol. The number of benzene rings is 1. The summed E-state index contributed by atoms with van der Waals surface area (Å²) in [5, 5.41) is 4.59. The number of hydrogen-bond donors (Lipinski definition) is 2. The summed E-state index contributed by atoms with van der Waals surface area (Å²) in [4.78, 5) is 18.1. The van der Waals surface area contributed by atoms with Gasteiger partial charge < -0.3 is 16.0 Å². The van der Waals surface area contributed by atoms with E-state index in [4.69, 9.17) is 17.3 Å². The number of pyridine rings is 1. The molecule has 3 N–H and O–H groups in total. The predicted octanol–water partition coefficient (Wildman–Crippen LogP) is 2.62. The second-order valence-corrected chi connectivity index (χ2v) is 6.52. The van der Waals surface area contributed by atoms with Crippen LogP contribution in [0.15, 0.2) is 24.4 Å². The lowest BCUT2D eigenvalue weighted by Gasteiger charge is -2.25. The summed E-state index contributed by atoms with van der Waals surface area (Å²) in [7, 11) is 0. The molecule has 1 amide bonds. The highest BCUT2D eigenvalue weighted by molar-refractivity contribution is 6.36. The molecule has 2 unspecified atom stereocenters. The number of amides is 1. The Morgan fingerprint density at radius 1 is 1.57 bits per heavy atom. The maximum absolute atomic E-state index is 11.3. The van der Waals surface area contributed by atoms with Crippen LogP contribution >= 0.6 is 11.6 Å². The number of nitrogens with two attached hydrogens (primary N) is 1. The molecule has 1 aromatic heterocycles. The van der Waals surface area contributed by atoms with Crippen molar-refractivity contribution in [2.24, 2.45) is 5.73 Å². The van der Waals surface area contributed by atoms with E-state index in [-0.39, 0.29) is 18.0 Å². The Labute approximate surface area is 140 Å². The number of hydrogen-bond acceptors (Lipinski definition) is 4. The lowest BCUT2D eigenvalue weighted by molar-refractivity contribution is -0.119. The van der Waals surface area contributed by atoms with Gasteiger partial charge in [-0.05, 0) is 37.1 Å². The number of aromatic nitrogens is 1. The Balaban J connectivity index is 2.07. The van der Waals surface area contributed by atoms with Gasteiger partial charge in [-0.25, -0.2) is 0 Å². The van der Waals surface area contributed by atoms with Crippen LogP contribution in [-0.4, -0.2) is 30.0 Å². The van der Waals surface area contributed by atoms with E-state index < -0.39 is 0 Å². The van der Waals surface area contributed by atoms with E-state index >= 15 is 0 Å². The molecule has 23 heavy (non-hydrogen) atoms. The zero-order valence-electron chi connectivity index (χ0n) is 13.3. The topological polar surface area (TPSA) is 71.2 Å². The highest BCUT2D eigenvalue weighted by atomic mass is 35.5. The maximum Gasteiger partial charge on any atom is 0.217 e. The smallest absolute Gasteiger partial charge is 0.217 e. The van der Waals surface area contributed by atoms with Gasteiger partial charge in [0.1, 0.15) is 0 Å². The van der Waals surface area contributed by atoms with Crippen molar-refractivity contribution in [2.45, 2.75) is 32.4 Å². The molecule has 1 aliphatic heterocycles. The molecule has 3 rings (SSSR count). The number of nitrogens with one attached hydrogen (secondary N) is 1. The molecule has 2 atom stereocenters. The Morgan fingerprint density at radius 3 is 3.04 bits per heavy atom. The summed E-state index contributed by atoms with van der Waals surface area (Å²) in [6.07, 6.45) is 2.68. The Bertz CT molecular complexity index is 747. The summed E-state index contributed by atoms with van der Waals surface area (Å²) in [6.45, 7) is 5.12. The van der Waals surface area contributed by atoms with Gasteiger partial charge in [0, 0.05) is 43.7 Å². The molecule has 2 aromatic rings. The van der Waals surface area contributed by atoms with Crippen LogP contribution in [-0.2, 0) is 4.79 Å². The second kappa shape index (κ2) is 6.34. The third kappa shape index (κ3) is 3.12. The third-order valence-corrected chi connectivity index (χ3v) is 4.56. The lowest BCUT2D eigenvalue weighted by Crippen LogP contribution is -2.35. The first-order chi connectivity index (χ1) is 11.0. The molecule has 1 fully saturated rings. The lowest BCUT2D eigenvalue weighted by atomic mass is 10.0. The molecule has 6 heteroatoms. The van der Waals surface area contributed by atoms with E-state index in [0.717, 1.165) is 41.7 Å². The number of nitrogens with zero attached hydrogens (tertiary/aromatic N) is 2. The largest absolute Gasteiger partial charge is 0.367 e. The van der Waals surface area contributed by atoms with Crippen molar-refractivity contribution < 1.29 is 4.79 Å². The fourth-order valence-corrected chi connectivity index (χ4v) is 3.52. The van der Waals surface area contributed by atoms with Crippen LogP contribution in [0, 0.1) is 0 Å². The van der Waals surface area contributed by atoms with E-state index in [1.54, 1.807) is 13.1 Å². The number of rotatable bonds is 3. The van der Waals surface area contributed by atoms with Gasteiger partial charge in [-0.2, -0.15) is 0 Å². The minimum absolute atomic E-state index is 0.00311. The zero-order valence-corrected chi connectivity index (χ0v) is 14.1.